The third-order valence-corrected chi connectivity index (χ3v) is 4.11. The lowest BCUT2D eigenvalue weighted by Gasteiger charge is -2.11. The molecule has 24 heavy (non-hydrogen) atoms. The van der Waals surface area contributed by atoms with E-state index in [1.807, 2.05) is 19.1 Å². The molecular weight excluding hydrogens is 328 g/mol. The smallest absolute Gasteiger partial charge is 0.258 e. The molecular formula is C17H17ClN4O2. The van der Waals surface area contributed by atoms with Crippen LogP contribution in [0.3, 0.4) is 0 Å². The average molecular weight is 345 g/mol. The lowest BCUT2D eigenvalue weighted by Crippen LogP contribution is -2.21. The van der Waals surface area contributed by atoms with Gasteiger partial charge in [0.2, 0.25) is 5.88 Å². The van der Waals surface area contributed by atoms with Gasteiger partial charge in [-0.2, -0.15) is 9.61 Å². The molecule has 0 aliphatic heterocycles. The molecule has 124 valence electrons. The van der Waals surface area contributed by atoms with Crippen molar-refractivity contribution >= 4 is 23.2 Å². The third-order valence-electron chi connectivity index (χ3n) is 3.86. The quantitative estimate of drug-likeness (QED) is 0.793. The van der Waals surface area contributed by atoms with Crippen molar-refractivity contribution in [2.45, 2.75) is 13.3 Å². The fraction of sp³-hybridized carbons (Fsp3) is 0.235. The molecule has 0 saturated heterocycles. The summed E-state index contributed by atoms with van der Waals surface area (Å²) in [6.07, 6.45) is 1.92. The van der Waals surface area contributed by atoms with Crippen molar-refractivity contribution in [1.82, 2.24) is 19.5 Å². The first-order valence-corrected chi connectivity index (χ1v) is 7.78. The summed E-state index contributed by atoms with van der Waals surface area (Å²) in [6.45, 7) is 1.81. The van der Waals surface area contributed by atoms with Crippen LogP contribution in [-0.2, 0) is 6.42 Å². The van der Waals surface area contributed by atoms with Gasteiger partial charge in [0.05, 0.1) is 6.20 Å². The number of benzene rings is 1. The van der Waals surface area contributed by atoms with Gasteiger partial charge in [-0.25, -0.2) is 4.98 Å². The molecule has 0 aliphatic rings. The lowest BCUT2D eigenvalue weighted by molar-refractivity contribution is 0.0829. The number of nitrogens with zero attached hydrogens (tertiary/aromatic N) is 4. The van der Waals surface area contributed by atoms with E-state index in [1.165, 1.54) is 15.6 Å². The molecule has 7 heteroatoms. The van der Waals surface area contributed by atoms with Gasteiger partial charge in [0.25, 0.3) is 5.91 Å². The molecule has 1 aromatic carbocycles. The zero-order valence-corrected chi connectivity index (χ0v) is 14.4. The minimum Gasteiger partial charge on any atom is -0.493 e. The highest BCUT2D eigenvalue weighted by Gasteiger charge is 2.20. The van der Waals surface area contributed by atoms with E-state index >= 15 is 0 Å². The summed E-state index contributed by atoms with van der Waals surface area (Å²) in [7, 11) is 3.32. The number of carbonyl (C=O) groups excluding carboxylic acids is 1. The Morgan fingerprint density at radius 3 is 2.58 bits per heavy atom. The topological polar surface area (TPSA) is 70.7 Å². The SMILES string of the molecule is Cc1nc2c(C(=O)N(C)C)cnn2c(O)c1Cc1ccc(Cl)cc1. The van der Waals surface area contributed by atoms with E-state index in [1.54, 1.807) is 26.2 Å². The standard InChI is InChI=1S/C17H17ClN4O2/c1-10-13(8-11-4-6-12(18)7-5-11)17(24)22-15(20-10)14(9-19-22)16(23)21(2)3/h4-7,9,24H,8H2,1-3H3. The molecule has 0 spiro atoms. The van der Waals surface area contributed by atoms with Gasteiger partial charge in [-0.05, 0) is 24.6 Å². The molecule has 2 aromatic heterocycles. The van der Waals surface area contributed by atoms with Crippen molar-refractivity contribution in [3.8, 4) is 5.88 Å². The Bertz CT molecular complexity index is 916. The zero-order valence-electron chi connectivity index (χ0n) is 13.6. The number of aryl methyl sites for hydroxylation is 1. The number of hydrogen-bond acceptors (Lipinski definition) is 4. The van der Waals surface area contributed by atoms with Crippen LogP contribution in [0, 0.1) is 6.92 Å². The van der Waals surface area contributed by atoms with E-state index in [2.05, 4.69) is 10.1 Å². The Hall–Kier alpha value is -2.60. The number of aromatic hydroxyl groups is 1. The highest BCUT2D eigenvalue weighted by molar-refractivity contribution is 6.30. The summed E-state index contributed by atoms with van der Waals surface area (Å²) < 4.78 is 1.30. The molecule has 0 unspecified atom stereocenters. The molecule has 0 fully saturated rings. The molecule has 0 bridgehead atoms. The summed E-state index contributed by atoms with van der Waals surface area (Å²) in [4.78, 5) is 18.1. The maximum atomic E-state index is 12.2. The summed E-state index contributed by atoms with van der Waals surface area (Å²) in [6, 6.07) is 7.40. The van der Waals surface area contributed by atoms with E-state index in [9.17, 15) is 9.90 Å². The number of carbonyl (C=O) groups is 1. The second kappa shape index (κ2) is 6.13. The number of amides is 1. The fourth-order valence-corrected chi connectivity index (χ4v) is 2.65. The van der Waals surface area contributed by atoms with E-state index in [0.717, 1.165) is 5.56 Å². The number of aromatic nitrogens is 3. The van der Waals surface area contributed by atoms with Crippen molar-refractivity contribution < 1.29 is 9.90 Å². The van der Waals surface area contributed by atoms with Crippen molar-refractivity contribution in [2.75, 3.05) is 14.1 Å². The number of rotatable bonds is 3. The van der Waals surface area contributed by atoms with Crippen LogP contribution >= 0.6 is 11.6 Å². The van der Waals surface area contributed by atoms with Gasteiger partial charge in [-0.15, -0.1) is 0 Å². The highest BCUT2D eigenvalue weighted by Crippen LogP contribution is 2.26. The Balaban J connectivity index is 2.08. The number of fused-ring (bicyclic) bond motifs is 1. The minimum atomic E-state index is -0.207. The van der Waals surface area contributed by atoms with Crippen LogP contribution in [0.25, 0.3) is 5.65 Å². The zero-order chi connectivity index (χ0) is 17.4. The van der Waals surface area contributed by atoms with Gasteiger partial charge in [-0.3, -0.25) is 4.79 Å². The maximum Gasteiger partial charge on any atom is 0.258 e. The van der Waals surface area contributed by atoms with E-state index in [-0.39, 0.29) is 11.8 Å². The molecule has 0 atom stereocenters. The average Bonchev–Trinajstić information content (AvgIpc) is 2.96. The van der Waals surface area contributed by atoms with Crippen molar-refractivity contribution in [3.05, 3.63) is 57.9 Å². The Labute approximate surface area is 144 Å². The van der Waals surface area contributed by atoms with Crippen LogP contribution in [0.2, 0.25) is 5.02 Å². The van der Waals surface area contributed by atoms with Crippen LogP contribution in [0.5, 0.6) is 5.88 Å². The van der Waals surface area contributed by atoms with Gasteiger partial charge < -0.3 is 10.0 Å². The van der Waals surface area contributed by atoms with Gasteiger partial charge in [-0.1, -0.05) is 23.7 Å². The highest BCUT2D eigenvalue weighted by atomic mass is 35.5. The maximum absolute atomic E-state index is 12.2. The van der Waals surface area contributed by atoms with Crippen LogP contribution < -0.4 is 0 Å². The monoisotopic (exact) mass is 344 g/mol. The fourth-order valence-electron chi connectivity index (χ4n) is 2.53. The van der Waals surface area contributed by atoms with Gasteiger partial charge in [0, 0.05) is 36.8 Å². The summed E-state index contributed by atoms with van der Waals surface area (Å²) in [5, 5.41) is 15.4. The lowest BCUT2D eigenvalue weighted by atomic mass is 10.0. The van der Waals surface area contributed by atoms with Crippen LogP contribution in [0.4, 0.5) is 0 Å². The first-order valence-electron chi connectivity index (χ1n) is 7.40. The number of hydrogen-bond donors (Lipinski definition) is 1. The molecule has 0 radical (unpaired) electrons. The molecule has 0 saturated carbocycles. The van der Waals surface area contributed by atoms with Crippen molar-refractivity contribution in [3.63, 3.8) is 0 Å². The Morgan fingerprint density at radius 1 is 1.29 bits per heavy atom. The van der Waals surface area contributed by atoms with E-state index in [0.29, 0.717) is 33.9 Å². The van der Waals surface area contributed by atoms with E-state index in [4.69, 9.17) is 11.6 Å². The van der Waals surface area contributed by atoms with Crippen LogP contribution in [0.1, 0.15) is 27.2 Å². The van der Waals surface area contributed by atoms with E-state index < -0.39 is 0 Å². The molecule has 3 rings (SSSR count). The first kappa shape index (κ1) is 16.3. The van der Waals surface area contributed by atoms with Crippen LogP contribution in [0.15, 0.2) is 30.5 Å². The van der Waals surface area contributed by atoms with Crippen LogP contribution in [-0.4, -0.2) is 44.6 Å². The predicted molar refractivity (Wildman–Crippen MR) is 91.7 cm³/mol. The third kappa shape index (κ3) is 2.80. The molecule has 6 nitrogen and oxygen atoms in total. The minimum absolute atomic E-state index is 0.00902. The summed E-state index contributed by atoms with van der Waals surface area (Å²) in [5.41, 5.74) is 3.02. The number of halogens is 1. The second-order valence-corrected chi connectivity index (χ2v) is 6.23. The molecule has 2 heterocycles. The van der Waals surface area contributed by atoms with Gasteiger partial charge >= 0.3 is 0 Å². The van der Waals surface area contributed by atoms with Gasteiger partial charge in [0.15, 0.2) is 5.65 Å². The molecule has 1 N–H and O–H groups in total. The summed E-state index contributed by atoms with van der Waals surface area (Å²) >= 11 is 5.90. The predicted octanol–water partition coefficient (Wildman–Crippen LogP) is 2.69. The first-order chi connectivity index (χ1) is 11.4. The molecule has 3 aromatic rings. The Morgan fingerprint density at radius 2 is 1.96 bits per heavy atom. The summed E-state index contributed by atoms with van der Waals surface area (Å²) in [5.74, 6) is -0.216. The van der Waals surface area contributed by atoms with Gasteiger partial charge in [0.1, 0.15) is 5.56 Å². The molecule has 1 amide bonds. The van der Waals surface area contributed by atoms with Crippen molar-refractivity contribution in [1.29, 1.82) is 0 Å². The van der Waals surface area contributed by atoms with Crippen molar-refractivity contribution in [2.24, 2.45) is 0 Å². The normalized spacial score (nSPS) is 11.0. The Kier molecular flexibility index (Phi) is 4.15. The second-order valence-electron chi connectivity index (χ2n) is 5.80. The largest absolute Gasteiger partial charge is 0.493 e. The molecule has 0 aliphatic carbocycles.